The molecular weight excluding hydrogens is 162 g/mol. The summed E-state index contributed by atoms with van der Waals surface area (Å²) in [5.74, 6) is 1.35. The number of carbonyl (C=O) groups excluding carboxylic acids is 1. The highest BCUT2D eigenvalue weighted by molar-refractivity contribution is 5.81. The molecule has 0 radical (unpaired) electrons. The number of rotatable bonds is 3. The lowest BCUT2D eigenvalue weighted by Gasteiger charge is -2.13. The molecule has 1 rings (SSSR count). The highest BCUT2D eigenvalue weighted by atomic mass is 16.1. The molecule has 2 heteroatoms. The van der Waals surface area contributed by atoms with Crippen LogP contribution in [0.1, 0.15) is 39.5 Å². The van der Waals surface area contributed by atoms with Gasteiger partial charge in [-0.05, 0) is 38.3 Å². The van der Waals surface area contributed by atoms with E-state index in [9.17, 15) is 4.79 Å². The maximum Gasteiger partial charge on any atom is 0.136 e. The fourth-order valence-corrected chi connectivity index (χ4v) is 1.91. The van der Waals surface area contributed by atoms with Gasteiger partial charge in [-0.1, -0.05) is 13.8 Å². The first kappa shape index (κ1) is 10.7. The van der Waals surface area contributed by atoms with Gasteiger partial charge in [0.25, 0.3) is 0 Å². The van der Waals surface area contributed by atoms with E-state index in [0.29, 0.717) is 17.6 Å². The first-order valence-corrected chi connectivity index (χ1v) is 5.43. The van der Waals surface area contributed by atoms with Crippen LogP contribution in [0.4, 0.5) is 0 Å². The van der Waals surface area contributed by atoms with Crippen molar-refractivity contribution in [1.82, 2.24) is 5.32 Å². The molecule has 0 aliphatic carbocycles. The van der Waals surface area contributed by atoms with E-state index in [2.05, 4.69) is 19.2 Å². The highest BCUT2D eigenvalue weighted by Gasteiger charge is 2.19. The van der Waals surface area contributed by atoms with Gasteiger partial charge < -0.3 is 5.32 Å². The summed E-state index contributed by atoms with van der Waals surface area (Å²) in [6.45, 7) is 6.35. The van der Waals surface area contributed by atoms with Crippen molar-refractivity contribution in [2.75, 3.05) is 13.1 Å². The van der Waals surface area contributed by atoms with Crippen LogP contribution >= 0.6 is 0 Å². The molecule has 1 aliphatic heterocycles. The zero-order chi connectivity index (χ0) is 9.68. The minimum absolute atomic E-state index is 0.345. The number of carbonyl (C=O) groups is 1. The Morgan fingerprint density at radius 2 is 2.15 bits per heavy atom. The molecule has 1 aliphatic rings. The minimum atomic E-state index is 0.345. The highest BCUT2D eigenvalue weighted by Crippen LogP contribution is 2.18. The van der Waals surface area contributed by atoms with Gasteiger partial charge in [-0.15, -0.1) is 0 Å². The van der Waals surface area contributed by atoms with E-state index in [1.54, 1.807) is 0 Å². The summed E-state index contributed by atoms with van der Waals surface area (Å²) < 4.78 is 0. The molecule has 1 atom stereocenters. The topological polar surface area (TPSA) is 29.1 Å². The van der Waals surface area contributed by atoms with E-state index in [1.165, 1.54) is 0 Å². The summed E-state index contributed by atoms with van der Waals surface area (Å²) in [5.41, 5.74) is 0. The van der Waals surface area contributed by atoms with Crippen molar-refractivity contribution in [3.8, 4) is 0 Å². The SMILES string of the molecule is CC(C)CC(=O)C1CCCNCC1. The van der Waals surface area contributed by atoms with Crippen LogP contribution in [-0.4, -0.2) is 18.9 Å². The minimum Gasteiger partial charge on any atom is -0.317 e. The van der Waals surface area contributed by atoms with Crippen molar-refractivity contribution in [2.24, 2.45) is 11.8 Å². The maximum absolute atomic E-state index is 11.7. The molecular formula is C11H21NO. The van der Waals surface area contributed by atoms with Crippen LogP contribution in [0.3, 0.4) is 0 Å². The van der Waals surface area contributed by atoms with E-state index in [4.69, 9.17) is 0 Å². The summed E-state index contributed by atoms with van der Waals surface area (Å²) in [6, 6.07) is 0. The van der Waals surface area contributed by atoms with Crippen LogP contribution in [0.2, 0.25) is 0 Å². The van der Waals surface area contributed by atoms with Gasteiger partial charge in [-0.3, -0.25) is 4.79 Å². The summed E-state index contributed by atoms with van der Waals surface area (Å²) in [5, 5.41) is 3.33. The number of hydrogen-bond acceptors (Lipinski definition) is 2. The molecule has 2 nitrogen and oxygen atoms in total. The lowest BCUT2D eigenvalue weighted by Crippen LogP contribution is -2.18. The Kier molecular flexibility index (Phi) is 4.43. The van der Waals surface area contributed by atoms with Crippen molar-refractivity contribution in [2.45, 2.75) is 39.5 Å². The van der Waals surface area contributed by atoms with E-state index in [1.807, 2.05) is 0 Å². The van der Waals surface area contributed by atoms with Gasteiger partial charge in [0.05, 0.1) is 0 Å². The van der Waals surface area contributed by atoms with E-state index >= 15 is 0 Å². The van der Waals surface area contributed by atoms with Crippen LogP contribution in [0.5, 0.6) is 0 Å². The number of ketones is 1. The third kappa shape index (κ3) is 3.90. The van der Waals surface area contributed by atoms with E-state index in [-0.39, 0.29) is 0 Å². The Balaban J connectivity index is 2.35. The Bertz CT molecular complexity index is 157. The summed E-state index contributed by atoms with van der Waals surface area (Å²) in [4.78, 5) is 11.7. The zero-order valence-electron chi connectivity index (χ0n) is 8.81. The quantitative estimate of drug-likeness (QED) is 0.725. The van der Waals surface area contributed by atoms with Crippen LogP contribution in [0.15, 0.2) is 0 Å². The molecule has 0 saturated carbocycles. The van der Waals surface area contributed by atoms with Gasteiger partial charge in [0, 0.05) is 12.3 Å². The van der Waals surface area contributed by atoms with Gasteiger partial charge in [0.2, 0.25) is 0 Å². The van der Waals surface area contributed by atoms with Crippen LogP contribution in [0, 0.1) is 11.8 Å². The monoisotopic (exact) mass is 183 g/mol. The van der Waals surface area contributed by atoms with Crippen molar-refractivity contribution < 1.29 is 4.79 Å². The van der Waals surface area contributed by atoms with Gasteiger partial charge in [0.15, 0.2) is 0 Å². The van der Waals surface area contributed by atoms with Crippen molar-refractivity contribution >= 4 is 5.78 Å². The van der Waals surface area contributed by atoms with E-state index in [0.717, 1.165) is 38.8 Å². The Morgan fingerprint density at radius 3 is 2.85 bits per heavy atom. The van der Waals surface area contributed by atoms with Gasteiger partial charge in [-0.25, -0.2) is 0 Å². The van der Waals surface area contributed by atoms with Crippen molar-refractivity contribution in [3.63, 3.8) is 0 Å². The Labute approximate surface area is 81.1 Å². The Morgan fingerprint density at radius 1 is 1.38 bits per heavy atom. The standard InChI is InChI=1S/C11H21NO/c1-9(2)8-11(13)10-4-3-6-12-7-5-10/h9-10,12H,3-8H2,1-2H3. The average Bonchev–Trinajstić information content (AvgIpc) is 2.29. The first-order chi connectivity index (χ1) is 6.20. The fraction of sp³-hybridized carbons (Fsp3) is 0.909. The molecule has 0 bridgehead atoms. The first-order valence-electron chi connectivity index (χ1n) is 5.43. The predicted molar refractivity (Wildman–Crippen MR) is 54.7 cm³/mol. The molecule has 0 spiro atoms. The second-order valence-electron chi connectivity index (χ2n) is 4.44. The summed E-state index contributed by atoms with van der Waals surface area (Å²) >= 11 is 0. The number of Topliss-reactive ketones (excluding diaryl/α,β-unsaturated/α-hetero) is 1. The smallest absolute Gasteiger partial charge is 0.136 e. The molecule has 1 saturated heterocycles. The van der Waals surface area contributed by atoms with Crippen LogP contribution in [-0.2, 0) is 4.79 Å². The third-order valence-corrected chi connectivity index (χ3v) is 2.64. The van der Waals surface area contributed by atoms with Gasteiger partial charge in [0.1, 0.15) is 5.78 Å². The largest absolute Gasteiger partial charge is 0.317 e. The van der Waals surface area contributed by atoms with Crippen molar-refractivity contribution in [3.05, 3.63) is 0 Å². The molecule has 13 heavy (non-hydrogen) atoms. The predicted octanol–water partition coefficient (Wildman–Crippen LogP) is 1.99. The van der Waals surface area contributed by atoms with Gasteiger partial charge >= 0.3 is 0 Å². The van der Waals surface area contributed by atoms with Crippen LogP contribution in [0.25, 0.3) is 0 Å². The molecule has 0 aromatic carbocycles. The second-order valence-corrected chi connectivity index (χ2v) is 4.44. The average molecular weight is 183 g/mol. The summed E-state index contributed by atoms with van der Waals surface area (Å²) in [6.07, 6.45) is 4.07. The zero-order valence-corrected chi connectivity index (χ0v) is 8.81. The summed E-state index contributed by atoms with van der Waals surface area (Å²) in [7, 11) is 0. The van der Waals surface area contributed by atoms with Crippen LogP contribution < -0.4 is 5.32 Å². The number of hydrogen-bond donors (Lipinski definition) is 1. The molecule has 0 aromatic rings. The molecule has 76 valence electrons. The lowest BCUT2D eigenvalue weighted by atomic mass is 9.91. The molecule has 1 fully saturated rings. The van der Waals surface area contributed by atoms with Crippen molar-refractivity contribution in [1.29, 1.82) is 0 Å². The Hall–Kier alpha value is -0.370. The number of nitrogens with one attached hydrogen (secondary N) is 1. The van der Waals surface area contributed by atoms with E-state index < -0.39 is 0 Å². The second kappa shape index (κ2) is 5.38. The molecule has 0 amide bonds. The molecule has 1 heterocycles. The molecule has 0 aromatic heterocycles. The molecule has 1 unspecified atom stereocenters. The van der Waals surface area contributed by atoms with Gasteiger partial charge in [-0.2, -0.15) is 0 Å². The fourth-order valence-electron chi connectivity index (χ4n) is 1.91. The molecule has 1 N–H and O–H groups in total. The third-order valence-electron chi connectivity index (χ3n) is 2.64. The normalized spacial score (nSPS) is 24.4. The lowest BCUT2D eigenvalue weighted by molar-refractivity contribution is -0.123. The maximum atomic E-state index is 11.7.